The van der Waals surface area contributed by atoms with Gasteiger partial charge in [-0.05, 0) is 55.4 Å². The average Bonchev–Trinajstić information content (AvgIpc) is 3.37. The molecule has 0 bridgehead atoms. The summed E-state index contributed by atoms with van der Waals surface area (Å²) in [6, 6.07) is 3.63. The van der Waals surface area contributed by atoms with Gasteiger partial charge in [0.05, 0.1) is 6.54 Å². The number of urea groups is 1. The second kappa shape index (κ2) is 9.31. The highest BCUT2D eigenvalue weighted by Crippen LogP contribution is 2.39. The lowest BCUT2D eigenvalue weighted by Crippen LogP contribution is -2.57. The predicted molar refractivity (Wildman–Crippen MR) is 121 cm³/mol. The number of hydrogen-bond donors (Lipinski definition) is 1. The van der Waals surface area contributed by atoms with Gasteiger partial charge in [-0.2, -0.15) is 0 Å². The van der Waals surface area contributed by atoms with Crippen LogP contribution >= 0.6 is 11.3 Å². The smallest absolute Gasteiger partial charge is 0.325 e. The van der Waals surface area contributed by atoms with Crippen LogP contribution in [0.25, 0.3) is 0 Å². The fourth-order valence-electron chi connectivity index (χ4n) is 5.77. The lowest BCUT2D eigenvalue weighted by atomic mass is 9.73. The van der Waals surface area contributed by atoms with Gasteiger partial charge in [0.1, 0.15) is 5.54 Å². The first-order valence-corrected chi connectivity index (χ1v) is 12.7. The van der Waals surface area contributed by atoms with E-state index in [4.69, 9.17) is 0 Å². The summed E-state index contributed by atoms with van der Waals surface area (Å²) in [4.78, 5) is 43.9. The Balaban J connectivity index is 1.46. The van der Waals surface area contributed by atoms with Crippen LogP contribution in [0.5, 0.6) is 0 Å². The number of thiophene rings is 1. The van der Waals surface area contributed by atoms with E-state index in [1.807, 2.05) is 22.4 Å². The molecule has 4 rings (SSSR count). The van der Waals surface area contributed by atoms with Gasteiger partial charge in [0.2, 0.25) is 5.91 Å². The first-order valence-electron chi connectivity index (χ1n) is 11.9. The van der Waals surface area contributed by atoms with Crippen molar-refractivity contribution in [2.24, 2.45) is 17.8 Å². The van der Waals surface area contributed by atoms with Gasteiger partial charge in [-0.15, -0.1) is 11.3 Å². The van der Waals surface area contributed by atoms with Gasteiger partial charge in [-0.3, -0.25) is 14.5 Å². The van der Waals surface area contributed by atoms with Crippen molar-refractivity contribution in [3.8, 4) is 0 Å². The molecule has 4 amide bonds. The summed E-state index contributed by atoms with van der Waals surface area (Å²) in [7, 11) is 0. The fourth-order valence-corrected chi connectivity index (χ4v) is 6.47. The third kappa shape index (κ3) is 4.52. The number of rotatable bonds is 6. The maximum Gasteiger partial charge on any atom is 0.325 e. The molecule has 0 spiro atoms. The third-order valence-corrected chi connectivity index (χ3v) is 8.15. The quantitative estimate of drug-likeness (QED) is 0.660. The molecule has 1 aliphatic carbocycles. The second-order valence-corrected chi connectivity index (χ2v) is 10.9. The van der Waals surface area contributed by atoms with Crippen molar-refractivity contribution in [2.75, 3.05) is 13.1 Å². The van der Waals surface area contributed by atoms with E-state index in [1.165, 1.54) is 11.3 Å². The Bertz CT molecular complexity index is 795. The molecule has 1 atom stereocenters. The Morgan fingerprint density at radius 3 is 2.48 bits per heavy atom. The summed E-state index contributed by atoms with van der Waals surface area (Å²) < 4.78 is 0. The van der Waals surface area contributed by atoms with Crippen molar-refractivity contribution in [1.82, 2.24) is 15.1 Å². The largest absolute Gasteiger partial charge is 0.342 e. The van der Waals surface area contributed by atoms with Gasteiger partial charge in [0, 0.05) is 23.9 Å². The van der Waals surface area contributed by atoms with Crippen molar-refractivity contribution in [1.29, 1.82) is 0 Å². The number of carbonyl (C=O) groups excluding carboxylic acids is 3. The lowest BCUT2D eigenvalue weighted by molar-refractivity contribution is -0.140. The number of amides is 4. The molecule has 1 saturated carbocycles. The highest BCUT2D eigenvalue weighted by molar-refractivity contribution is 7.09. The summed E-state index contributed by atoms with van der Waals surface area (Å²) in [5.41, 5.74) is -0.845. The van der Waals surface area contributed by atoms with E-state index in [1.54, 1.807) is 11.3 Å². The van der Waals surface area contributed by atoms with Gasteiger partial charge < -0.3 is 10.2 Å². The van der Waals surface area contributed by atoms with Crippen molar-refractivity contribution < 1.29 is 14.4 Å². The topological polar surface area (TPSA) is 69.7 Å². The van der Waals surface area contributed by atoms with E-state index >= 15 is 0 Å². The van der Waals surface area contributed by atoms with E-state index in [0.717, 1.165) is 43.4 Å². The number of imide groups is 1. The Labute approximate surface area is 189 Å². The molecular formula is C24H35N3O3S. The van der Waals surface area contributed by atoms with Gasteiger partial charge in [0.25, 0.3) is 5.91 Å². The number of nitrogens with one attached hydrogen (secondary N) is 1. The molecule has 1 aromatic rings. The maximum atomic E-state index is 13.6. The molecule has 7 heteroatoms. The molecular weight excluding hydrogens is 410 g/mol. The molecule has 6 nitrogen and oxygen atoms in total. The highest BCUT2D eigenvalue weighted by atomic mass is 32.1. The average molecular weight is 446 g/mol. The van der Waals surface area contributed by atoms with Crippen LogP contribution in [0, 0.1) is 17.8 Å². The van der Waals surface area contributed by atoms with Crippen molar-refractivity contribution in [2.45, 2.75) is 77.3 Å². The van der Waals surface area contributed by atoms with Crippen molar-refractivity contribution in [3.05, 3.63) is 22.4 Å². The summed E-state index contributed by atoms with van der Waals surface area (Å²) in [5, 5.41) is 5.09. The zero-order valence-corrected chi connectivity index (χ0v) is 19.6. The predicted octanol–water partition coefficient (Wildman–Crippen LogP) is 4.40. The van der Waals surface area contributed by atoms with Crippen molar-refractivity contribution >= 4 is 29.2 Å². The minimum atomic E-state index is -0.845. The zero-order valence-electron chi connectivity index (χ0n) is 18.8. The highest BCUT2D eigenvalue weighted by Gasteiger charge is 2.56. The van der Waals surface area contributed by atoms with Crippen LogP contribution in [0.1, 0.15) is 70.1 Å². The number of nitrogens with zero attached hydrogens (tertiary/aromatic N) is 2. The van der Waals surface area contributed by atoms with Crippen LogP contribution in [-0.2, 0) is 16.1 Å². The molecule has 0 radical (unpaired) electrons. The SMILES string of the molecule is CC(C)C[C@@]1(C2CCN(C(=O)C3CCCCC3)CC2)NC(=O)N(Cc2cccs2)C1=O. The molecule has 2 saturated heterocycles. The number of piperidine rings is 1. The van der Waals surface area contributed by atoms with E-state index < -0.39 is 5.54 Å². The van der Waals surface area contributed by atoms with Crippen molar-refractivity contribution in [3.63, 3.8) is 0 Å². The molecule has 31 heavy (non-hydrogen) atoms. The van der Waals surface area contributed by atoms with Gasteiger partial charge in [-0.1, -0.05) is 39.2 Å². The Morgan fingerprint density at radius 1 is 1.16 bits per heavy atom. The summed E-state index contributed by atoms with van der Waals surface area (Å²) in [5.74, 6) is 0.751. The Morgan fingerprint density at radius 2 is 1.87 bits per heavy atom. The van der Waals surface area contributed by atoms with E-state index in [-0.39, 0.29) is 29.7 Å². The minimum absolute atomic E-state index is 0.0649. The fraction of sp³-hybridized carbons (Fsp3) is 0.708. The lowest BCUT2D eigenvalue weighted by Gasteiger charge is -2.42. The zero-order chi connectivity index (χ0) is 22.0. The second-order valence-electron chi connectivity index (χ2n) is 9.90. The molecule has 1 aromatic heterocycles. The molecule has 3 heterocycles. The normalized spacial score (nSPS) is 26.0. The van der Waals surface area contributed by atoms with Crippen LogP contribution in [0.15, 0.2) is 17.5 Å². The molecule has 3 aliphatic rings. The minimum Gasteiger partial charge on any atom is -0.342 e. The first kappa shape index (κ1) is 22.3. The number of likely N-dealkylation sites (tertiary alicyclic amines) is 1. The van der Waals surface area contributed by atoms with Gasteiger partial charge in [0.15, 0.2) is 0 Å². The molecule has 0 aromatic carbocycles. The number of hydrogen-bond acceptors (Lipinski definition) is 4. The Hall–Kier alpha value is -1.89. The van der Waals surface area contributed by atoms with E-state index in [2.05, 4.69) is 19.2 Å². The monoisotopic (exact) mass is 445 g/mol. The van der Waals surface area contributed by atoms with Gasteiger partial charge >= 0.3 is 6.03 Å². The Kier molecular flexibility index (Phi) is 6.70. The van der Waals surface area contributed by atoms with E-state index in [9.17, 15) is 14.4 Å². The standard InChI is InChI=1S/C24H35N3O3S/c1-17(2)15-24(22(29)27(23(30)25-24)16-20-9-6-14-31-20)19-10-12-26(13-11-19)21(28)18-7-4-3-5-8-18/h6,9,14,17-19H,3-5,7-8,10-13,15-16H2,1-2H3,(H,25,30)/t24-/m0/s1. The summed E-state index contributed by atoms with van der Waals surface area (Å²) >= 11 is 1.56. The van der Waals surface area contributed by atoms with Crippen LogP contribution in [0.4, 0.5) is 4.79 Å². The molecule has 2 aliphatic heterocycles. The van der Waals surface area contributed by atoms with E-state index in [0.29, 0.717) is 32.0 Å². The molecule has 170 valence electrons. The summed E-state index contributed by atoms with van der Waals surface area (Å²) in [6.07, 6.45) is 7.77. The molecule has 3 fully saturated rings. The van der Waals surface area contributed by atoms with Crippen LogP contribution in [0.2, 0.25) is 0 Å². The molecule has 1 N–H and O–H groups in total. The van der Waals surface area contributed by atoms with Crippen LogP contribution in [-0.4, -0.2) is 46.3 Å². The molecule has 0 unspecified atom stereocenters. The first-order chi connectivity index (χ1) is 14.9. The van der Waals surface area contributed by atoms with Crippen LogP contribution in [0.3, 0.4) is 0 Å². The maximum absolute atomic E-state index is 13.6. The third-order valence-electron chi connectivity index (χ3n) is 7.28. The number of carbonyl (C=O) groups is 3. The summed E-state index contributed by atoms with van der Waals surface area (Å²) in [6.45, 7) is 5.92. The van der Waals surface area contributed by atoms with Gasteiger partial charge in [-0.25, -0.2) is 4.79 Å². The van der Waals surface area contributed by atoms with Crippen LogP contribution < -0.4 is 5.32 Å².